The average molecular weight is 861 g/mol. The Morgan fingerprint density at radius 3 is 0.817 bits per heavy atom. The van der Waals surface area contributed by atoms with Crippen molar-refractivity contribution in [3.05, 3.63) is 96.6 Å². The van der Waals surface area contributed by atoms with E-state index in [1.54, 1.807) is 0 Å². The van der Waals surface area contributed by atoms with Crippen molar-refractivity contribution in [1.29, 1.82) is 0 Å². The summed E-state index contributed by atoms with van der Waals surface area (Å²) in [4.78, 5) is 0. The molecule has 0 aliphatic rings. The maximum atomic E-state index is 8.68. The summed E-state index contributed by atoms with van der Waals surface area (Å²) in [7, 11) is -0.296. The van der Waals surface area contributed by atoms with Crippen LogP contribution in [0.1, 0.15) is 201 Å². The second kappa shape index (κ2) is 29.8. The van der Waals surface area contributed by atoms with E-state index in [9.17, 15) is 0 Å². The van der Waals surface area contributed by atoms with Gasteiger partial charge in [-0.25, -0.2) is 0 Å². The SMILES string of the molecule is CCCCCCP(CCCCCC)(CCCCCC)(OB(Cc1ccccc1)OP(CCCCCC)(CCCCCC)(CCCCCC)c1ccccc1)c1ccccc1. The van der Waals surface area contributed by atoms with E-state index in [1.165, 1.54) is 207 Å². The predicted octanol–water partition coefficient (Wildman–Crippen LogP) is 17.4. The first-order valence-electron chi connectivity index (χ1n) is 25.9. The van der Waals surface area contributed by atoms with Crippen molar-refractivity contribution in [3.63, 3.8) is 0 Å². The fraction of sp³-hybridized carbons (Fsp3) is 0.673. The quantitative estimate of drug-likeness (QED) is 0.0325. The topological polar surface area (TPSA) is 18.5 Å². The van der Waals surface area contributed by atoms with Crippen molar-refractivity contribution in [3.8, 4) is 0 Å². The van der Waals surface area contributed by atoms with Gasteiger partial charge >= 0.3 is 376 Å². The summed E-state index contributed by atoms with van der Waals surface area (Å²) in [6.45, 7) is 7.99. The fourth-order valence-electron chi connectivity index (χ4n) is 10.4. The van der Waals surface area contributed by atoms with Gasteiger partial charge in [0, 0.05) is 0 Å². The van der Waals surface area contributed by atoms with Gasteiger partial charge in [-0.3, -0.25) is 0 Å². The van der Waals surface area contributed by atoms with Crippen molar-refractivity contribution in [2.24, 2.45) is 0 Å². The van der Waals surface area contributed by atoms with Crippen LogP contribution in [0.15, 0.2) is 91.0 Å². The van der Waals surface area contributed by atoms with E-state index in [-0.39, 0.29) is 7.12 Å². The molecule has 0 aliphatic carbocycles. The Kier molecular flexibility index (Phi) is 26.2. The Labute approximate surface area is 374 Å². The van der Waals surface area contributed by atoms with Crippen molar-refractivity contribution >= 4 is 31.4 Å². The summed E-state index contributed by atoms with van der Waals surface area (Å²) in [5.74, 6) is 0. The molecule has 0 saturated carbocycles. The number of hydrogen-bond acceptors (Lipinski definition) is 2. The molecule has 0 N–H and O–H groups in total. The van der Waals surface area contributed by atoms with Gasteiger partial charge in [0.05, 0.1) is 0 Å². The van der Waals surface area contributed by atoms with Crippen molar-refractivity contribution < 1.29 is 8.88 Å². The van der Waals surface area contributed by atoms with Gasteiger partial charge in [0.1, 0.15) is 0 Å². The molecule has 0 saturated heterocycles. The number of unbranched alkanes of at least 4 members (excludes halogenated alkanes) is 18. The van der Waals surface area contributed by atoms with Crippen LogP contribution >= 0.6 is 13.7 Å². The molecule has 0 amide bonds. The van der Waals surface area contributed by atoms with Gasteiger partial charge in [0.25, 0.3) is 0 Å². The molecule has 0 aliphatic heterocycles. The third kappa shape index (κ3) is 16.6. The molecule has 3 aromatic carbocycles. The molecular weight excluding hydrogens is 765 g/mol. The summed E-state index contributed by atoms with van der Waals surface area (Å²) in [6, 6.07) is 35.2. The molecule has 0 aromatic heterocycles. The van der Waals surface area contributed by atoms with Gasteiger partial charge in [0.15, 0.2) is 0 Å². The summed E-state index contributed by atoms with van der Waals surface area (Å²) in [5, 5.41) is 3.06. The maximum absolute atomic E-state index is 8.68. The van der Waals surface area contributed by atoms with Gasteiger partial charge in [-0.1, -0.05) is 0 Å². The van der Waals surface area contributed by atoms with Crippen LogP contribution in [0.3, 0.4) is 0 Å². The second-order valence-corrected chi connectivity index (χ2v) is 29.6. The molecule has 5 heteroatoms. The fourth-order valence-corrected chi connectivity index (χ4v) is 23.3. The summed E-state index contributed by atoms with van der Waals surface area (Å²) >= 11 is 0. The average Bonchev–Trinajstić information content (AvgIpc) is 3.28. The summed E-state index contributed by atoms with van der Waals surface area (Å²) in [5.41, 5.74) is 1.35. The van der Waals surface area contributed by atoms with E-state index in [1.807, 2.05) is 0 Å². The van der Waals surface area contributed by atoms with Gasteiger partial charge in [0.2, 0.25) is 0 Å². The zero-order valence-electron chi connectivity index (χ0n) is 40.4. The third-order valence-electron chi connectivity index (χ3n) is 14.0. The molecule has 0 radical (unpaired) electrons. The minimum absolute atomic E-state index is 0.296. The van der Waals surface area contributed by atoms with Crippen molar-refractivity contribution in [2.45, 2.75) is 202 Å². The Morgan fingerprint density at radius 2 is 0.567 bits per heavy atom. The zero-order valence-corrected chi connectivity index (χ0v) is 42.2. The monoisotopic (exact) mass is 861 g/mol. The van der Waals surface area contributed by atoms with Crippen LogP contribution in [0.5, 0.6) is 0 Å². The van der Waals surface area contributed by atoms with E-state index in [0.29, 0.717) is 0 Å². The van der Waals surface area contributed by atoms with Crippen molar-refractivity contribution in [1.82, 2.24) is 0 Å². The van der Waals surface area contributed by atoms with Gasteiger partial charge < -0.3 is 0 Å². The first-order chi connectivity index (χ1) is 29.4. The van der Waals surface area contributed by atoms with Crippen LogP contribution in [0.25, 0.3) is 0 Å². The van der Waals surface area contributed by atoms with Gasteiger partial charge in [-0.15, -0.1) is 0 Å². The third-order valence-corrected chi connectivity index (χ3v) is 27.0. The molecule has 0 unspecified atom stereocenters. The van der Waals surface area contributed by atoms with Crippen LogP contribution < -0.4 is 10.6 Å². The Hall–Kier alpha value is -1.50. The first-order valence-corrected chi connectivity index (χ1v) is 31.3. The first kappa shape index (κ1) is 52.8. The standard InChI is InChI=1S/C55H95BO2P2/c1-7-13-19-34-46-59(47-35-20-14-8-2,48-36-21-15-9-3,54-42-30-26-31-43-54)57-56(52-53-40-28-25-29-41-53)58-60(49-37-22-16-10-4,50-38-23-17-11-5,51-39-24-18-12-6)55-44-32-27-33-45-55/h25-33,40-45H,7-24,34-39,46-52H2,1-6H3. The molecule has 2 nitrogen and oxygen atoms in total. The predicted molar refractivity (Wildman–Crippen MR) is 278 cm³/mol. The van der Waals surface area contributed by atoms with Crippen molar-refractivity contribution in [2.75, 3.05) is 37.0 Å². The Morgan fingerprint density at radius 1 is 0.317 bits per heavy atom. The Bertz CT molecular complexity index is 1310. The minimum atomic E-state index is -3.09. The number of hydrogen-bond donors (Lipinski definition) is 0. The summed E-state index contributed by atoms with van der Waals surface area (Å²) in [6.07, 6.45) is 38.5. The summed E-state index contributed by atoms with van der Waals surface area (Å²) < 4.78 is 17.4. The molecule has 0 fully saturated rings. The number of benzene rings is 3. The van der Waals surface area contributed by atoms with Crippen LogP contribution in [-0.4, -0.2) is 44.1 Å². The van der Waals surface area contributed by atoms with Crippen LogP contribution in [0.4, 0.5) is 0 Å². The van der Waals surface area contributed by atoms with Gasteiger partial charge in [-0.05, 0) is 0 Å². The Balaban J connectivity index is 2.44. The van der Waals surface area contributed by atoms with E-state index in [0.717, 1.165) is 6.32 Å². The molecule has 0 heterocycles. The molecule has 3 aromatic rings. The van der Waals surface area contributed by atoms with E-state index in [4.69, 9.17) is 8.88 Å². The zero-order chi connectivity index (χ0) is 43.1. The molecule has 0 atom stereocenters. The van der Waals surface area contributed by atoms with Crippen LogP contribution in [-0.2, 0) is 15.2 Å². The second-order valence-electron chi connectivity index (χ2n) is 19.0. The van der Waals surface area contributed by atoms with Crippen LogP contribution in [0, 0.1) is 0 Å². The van der Waals surface area contributed by atoms with Gasteiger partial charge in [-0.2, -0.15) is 0 Å². The van der Waals surface area contributed by atoms with E-state index < -0.39 is 13.7 Å². The molecular formula is C55H95BO2P2. The molecule has 0 spiro atoms. The molecule has 0 bridgehead atoms. The van der Waals surface area contributed by atoms with E-state index >= 15 is 0 Å². The molecule has 340 valence electrons. The normalized spacial score (nSPS) is 13.4. The number of rotatable bonds is 38. The van der Waals surface area contributed by atoms with E-state index in [2.05, 4.69) is 133 Å². The molecule has 3 rings (SSSR count). The molecule has 60 heavy (non-hydrogen) atoms. The van der Waals surface area contributed by atoms with Crippen LogP contribution in [0.2, 0.25) is 0 Å².